The van der Waals surface area contributed by atoms with Crippen LogP contribution in [0.5, 0.6) is 5.75 Å². The van der Waals surface area contributed by atoms with Crippen molar-refractivity contribution < 1.29 is 4.74 Å². The fourth-order valence-electron chi connectivity index (χ4n) is 1.98. The number of allylic oxidation sites excluding steroid dienone is 1. The highest BCUT2D eigenvalue weighted by Crippen LogP contribution is 2.41. The lowest BCUT2D eigenvalue weighted by atomic mass is 10.1. The van der Waals surface area contributed by atoms with E-state index < -0.39 is 0 Å². The van der Waals surface area contributed by atoms with Crippen LogP contribution in [0.1, 0.15) is 5.56 Å². The molecule has 92 valence electrons. The molecule has 0 aromatic heterocycles. The summed E-state index contributed by atoms with van der Waals surface area (Å²) < 4.78 is 5.71. The molecule has 0 bridgehead atoms. The van der Waals surface area contributed by atoms with Gasteiger partial charge in [-0.15, -0.1) is 0 Å². The van der Waals surface area contributed by atoms with E-state index in [4.69, 9.17) is 4.74 Å². The fraction of sp³-hybridized carbons (Fsp3) is 0.0625. The number of rotatable bonds is 1. The van der Waals surface area contributed by atoms with Crippen LogP contribution in [0, 0.1) is 11.3 Å². The average Bonchev–Trinajstić information content (AvgIpc) is 2.49. The van der Waals surface area contributed by atoms with Gasteiger partial charge in [-0.05, 0) is 17.7 Å². The van der Waals surface area contributed by atoms with E-state index >= 15 is 0 Å². The Hall–Kier alpha value is -2.18. The van der Waals surface area contributed by atoms with Crippen molar-refractivity contribution in [2.75, 3.05) is 6.61 Å². The lowest BCUT2D eigenvalue weighted by Gasteiger charge is -2.20. The Balaban J connectivity index is 2.02. The minimum atomic E-state index is 0.458. The fourth-order valence-corrected chi connectivity index (χ4v) is 3.00. The number of nitrogens with zero attached hydrogens (tertiary/aromatic N) is 1. The summed E-state index contributed by atoms with van der Waals surface area (Å²) in [4.78, 5) is 2.03. The number of benzene rings is 2. The summed E-state index contributed by atoms with van der Waals surface area (Å²) in [5.74, 6) is 0.890. The van der Waals surface area contributed by atoms with E-state index in [2.05, 4.69) is 6.07 Å². The van der Waals surface area contributed by atoms with Gasteiger partial charge in [0.15, 0.2) is 0 Å². The van der Waals surface area contributed by atoms with E-state index in [0.29, 0.717) is 12.2 Å². The van der Waals surface area contributed by atoms with Crippen LogP contribution in [0.3, 0.4) is 0 Å². The normalized spacial score (nSPS) is 15.9. The monoisotopic (exact) mass is 265 g/mol. The Labute approximate surface area is 116 Å². The Morgan fingerprint density at radius 3 is 2.58 bits per heavy atom. The van der Waals surface area contributed by atoms with E-state index in [1.54, 1.807) is 11.8 Å². The molecule has 0 N–H and O–H groups in total. The highest BCUT2D eigenvalue weighted by molar-refractivity contribution is 8.03. The number of hydrogen-bond acceptors (Lipinski definition) is 3. The molecule has 0 radical (unpaired) electrons. The summed E-state index contributed by atoms with van der Waals surface area (Å²) in [6.07, 6.45) is 0. The van der Waals surface area contributed by atoms with Crippen LogP contribution in [0.25, 0.3) is 5.57 Å². The molecule has 1 heterocycles. The van der Waals surface area contributed by atoms with Gasteiger partial charge in [0.05, 0.1) is 10.5 Å². The second-order valence-electron chi connectivity index (χ2n) is 4.11. The van der Waals surface area contributed by atoms with Gasteiger partial charge in [0.25, 0.3) is 0 Å². The number of hydrogen-bond donors (Lipinski definition) is 0. The summed E-state index contributed by atoms with van der Waals surface area (Å²) in [6, 6.07) is 19.9. The third-order valence-corrected chi connectivity index (χ3v) is 4.02. The van der Waals surface area contributed by atoms with Crippen LogP contribution < -0.4 is 4.74 Å². The second kappa shape index (κ2) is 5.21. The molecule has 1 aliphatic heterocycles. The van der Waals surface area contributed by atoms with Crippen molar-refractivity contribution in [2.45, 2.75) is 4.90 Å². The number of fused-ring (bicyclic) bond motifs is 1. The molecule has 3 rings (SSSR count). The lowest BCUT2D eigenvalue weighted by molar-refractivity contribution is 0.347. The largest absolute Gasteiger partial charge is 0.487 e. The Kier molecular flexibility index (Phi) is 3.26. The quantitative estimate of drug-likeness (QED) is 0.728. The van der Waals surface area contributed by atoms with Crippen molar-refractivity contribution in [2.24, 2.45) is 0 Å². The number of para-hydroxylation sites is 1. The van der Waals surface area contributed by atoms with Crippen molar-refractivity contribution in [1.82, 2.24) is 0 Å². The van der Waals surface area contributed by atoms with Crippen molar-refractivity contribution in [3.05, 3.63) is 65.1 Å². The first-order chi connectivity index (χ1) is 9.38. The van der Waals surface area contributed by atoms with E-state index in [9.17, 15) is 5.26 Å². The first-order valence-corrected chi connectivity index (χ1v) is 6.78. The number of ether oxygens (including phenoxy) is 1. The SMILES string of the molecule is N#C/C(=C1\COc2ccccc2S1)c1ccccc1. The summed E-state index contributed by atoms with van der Waals surface area (Å²) in [5.41, 5.74) is 1.63. The topological polar surface area (TPSA) is 33.0 Å². The third-order valence-electron chi connectivity index (χ3n) is 2.89. The maximum atomic E-state index is 9.40. The molecule has 0 spiro atoms. The molecule has 19 heavy (non-hydrogen) atoms. The molecule has 3 heteroatoms. The molecule has 1 aliphatic rings. The Morgan fingerprint density at radius 1 is 1.05 bits per heavy atom. The maximum absolute atomic E-state index is 9.40. The Bertz CT molecular complexity index is 671. The average molecular weight is 265 g/mol. The van der Waals surface area contributed by atoms with E-state index in [-0.39, 0.29) is 0 Å². The van der Waals surface area contributed by atoms with Crippen LogP contribution >= 0.6 is 11.8 Å². The van der Waals surface area contributed by atoms with Gasteiger partial charge in [-0.2, -0.15) is 5.26 Å². The van der Waals surface area contributed by atoms with Gasteiger partial charge < -0.3 is 4.74 Å². The standard InChI is InChI=1S/C16H11NOS/c17-10-13(12-6-2-1-3-7-12)16-11-18-14-8-4-5-9-15(14)19-16/h1-9H,11H2/b16-13-. The van der Waals surface area contributed by atoms with Crippen molar-refractivity contribution >= 4 is 17.3 Å². The number of thioether (sulfide) groups is 1. The zero-order valence-corrected chi connectivity index (χ0v) is 11.0. The van der Waals surface area contributed by atoms with Gasteiger partial charge in [0.2, 0.25) is 0 Å². The minimum Gasteiger partial charge on any atom is -0.487 e. The molecular formula is C16H11NOS. The molecular weight excluding hydrogens is 254 g/mol. The van der Waals surface area contributed by atoms with Gasteiger partial charge in [0, 0.05) is 4.91 Å². The van der Waals surface area contributed by atoms with Gasteiger partial charge in [-0.3, -0.25) is 0 Å². The summed E-state index contributed by atoms with van der Waals surface area (Å²) in [7, 11) is 0. The molecule has 0 saturated carbocycles. The van der Waals surface area contributed by atoms with Gasteiger partial charge in [0.1, 0.15) is 18.4 Å². The first-order valence-electron chi connectivity index (χ1n) is 5.97. The lowest BCUT2D eigenvalue weighted by Crippen LogP contribution is -2.07. The van der Waals surface area contributed by atoms with Gasteiger partial charge in [-0.1, -0.05) is 54.2 Å². The van der Waals surface area contributed by atoms with Gasteiger partial charge in [-0.25, -0.2) is 0 Å². The first kappa shape index (κ1) is 11.9. The molecule has 0 atom stereocenters. The summed E-state index contributed by atoms with van der Waals surface area (Å²) >= 11 is 1.62. The number of nitriles is 1. The third kappa shape index (κ3) is 2.35. The van der Waals surface area contributed by atoms with Gasteiger partial charge >= 0.3 is 0 Å². The predicted octanol–water partition coefficient (Wildman–Crippen LogP) is 4.11. The van der Waals surface area contributed by atoms with E-state index in [1.165, 1.54) is 0 Å². The summed E-state index contributed by atoms with van der Waals surface area (Å²) in [5, 5.41) is 9.40. The van der Waals surface area contributed by atoms with Crippen molar-refractivity contribution in [3.63, 3.8) is 0 Å². The predicted molar refractivity (Wildman–Crippen MR) is 76.8 cm³/mol. The van der Waals surface area contributed by atoms with E-state index in [1.807, 2.05) is 54.6 Å². The maximum Gasteiger partial charge on any atom is 0.133 e. The zero-order valence-electron chi connectivity index (χ0n) is 10.2. The molecule has 0 aliphatic carbocycles. The van der Waals surface area contributed by atoms with Crippen LogP contribution in [0.15, 0.2) is 64.4 Å². The van der Waals surface area contributed by atoms with Crippen LogP contribution in [0.2, 0.25) is 0 Å². The highest BCUT2D eigenvalue weighted by atomic mass is 32.2. The second-order valence-corrected chi connectivity index (χ2v) is 5.25. The van der Waals surface area contributed by atoms with Crippen molar-refractivity contribution in [1.29, 1.82) is 5.26 Å². The molecule has 0 amide bonds. The van der Waals surface area contributed by atoms with Crippen LogP contribution in [-0.4, -0.2) is 6.61 Å². The van der Waals surface area contributed by atoms with Crippen molar-refractivity contribution in [3.8, 4) is 11.8 Å². The molecule has 0 fully saturated rings. The smallest absolute Gasteiger partial charge is 0.133 e. The highest BCUT2D eigenvalue weighted by Gasteiger charge is 2.18. The molecule has 2 aromatic carbocycles. The zero-order chi connectivity index (χ0) is 13.1. The molecule has 0 unspecified atom stereocenters. The van der Waals surface area contributed by atoms with Crippen LogP contribution in [0.4, 0.5) is 0 Å². The Morgan fingerprint density at radius 2 is 1.79 bits per heavy atom. The summed E-state index contributed by atoms with van der Waals surface area (Å²) in [6.45, 7) is 0.458. The molecule has 2 aromatic rings. The minimum absolute atomic E-state index is 0.458. The van der Waals surface area contributed by atoms with E-state index in [0.717, 1.165) is 21.1 Å². The van der Waals surface area contributed by atoms with Crippen LogP contribution in [-0.2, 0) is 0 Å². The molecule has 2 nitrogen and oxygen atoms in total. The molecule has 0 saturated heterocycles.